The molecule has 0 amide bonds. The highest BCUT2D eigenvalue weighted by molar-refractivity contribution is 6.19. The van der Waals surface area contributed by atoms with Gasteiger partial charge in [0.25, 0.3) is 0 Å². The summed E-state index contributed by atoms with van der Waals surface area (Å²) in [6.07, 6.45) is 18.7. The first-order chi connectivity index (χ1) is 15.3. The third-order valence-electron chi connectivity index (χ3n) is 5.46. The van der Waals surface area contributed by atoms with Gasteiger partial charge in [-0.15, -0.1) is 0 Å². The summed E-state index contributed by atoms with van der Waals surface area (Å²) in [5.74, 6) is 0. The second kappa shape index (κ2) is 7.26. The van der Waals surface area contributed by atoms with E-state index in [0.717, 1.165) is 51.3 Å². The molecule has 0 saturated heterocycles. The lowest BCUT2D eigenvalue weighted by Gasteiger charge is -2.06. The Labute approximate surface area is 180 Å². The molecule has 1 aromatic carbocycles. The van der Waals surface area contributed by atoms with Gasteiger partial charge in [-0.25, -0.2) is 9.98 Å². The van der Waals surface area contributed by atoms with Crippen molar-refractivity contribution in [1.82, 2.24) is 9.55 Å². The topological polar surface area (TPSA) is 45.4 Å². The highest BCUT2D eigenvalue weighted by atomic mass is 15.0. The number of hydrogen-bond acceptors (Lipinski definition) is 2. The van der Waals surface area contributed by atoms with E-state index in [9.17, 15) is 0 Å². The lowest BCUT2D eigenvalue weighted by atomic mass is 10.2. The molecule has 6 rings (SSSR count). The molecule has 2 aromatic heterocycles. The smallest absolute Gasteiger partial charge is 0.0659 e. The summed E-state index contributed by atoms with van der Waals surface area (Å²) in [6, 6.07) is 16.9. The number of benzene rings is 1. The minimum atomic E-state index is 0.809. The molecular weight excluding hydrogens is 380 g/mol. The lowest BCUT2D eigenvalue weighted by Crippen LogP contribution is -2.10. The van der Waals surface area contributed by atoms with Crippen LogP contribution >= 0.6 is 0 Å². The van der Waals surface area contributed by atoms with Crippen molar-refractivity contribution in [3.05, 3.63) is 124 Å². The van der Waals surface area contributed by atoms with Crippen LogP contribution in [0.25, 0.3) is 18.2 Å². The SMILES string of the molecule is C1=CC2=NC1=Cc1cc(cn1Cc1ccccc1)C=c1ccc([nH]1)=CC1=NC(=C2)C=C1. The van der Waals surface area contributed by atoms with Gasteiger partial charge >= 0.3 is 0 Å². The van der Waals surface area contributed by atoms with Gasteiger partial charge in [0.1, 0.15) is 0 Å². The Morgan fingerprint density at radius 2 is 1.42 bits per heavy atom. The van der Waals surface area contributed by atoms with Crippen LogP contribution in [0, 0.1) is 0 Å². The normalized spacial score (nSPS) is 16.3. The Kier molecular flexibility index (Phi) is 4.13. The quantitative estimate of drug-likeness (QED) is 0.681. The number of aromatic nitrogens is 2. The summed E-state index contributed by atoms with van der Waals surface area (Å²) in [6.45, 7) is 0.809. The number of aliphatic imine (C=N–C) groups is 2. The van der Waals surface area contributed by atoms with E-state index in [0.29, 0.717) is 0 Å². The molecule has 5 heterocycles. The Morgan fingerprint density at radius 1 is 0.710 bits per heavy atom. The van der Waals surface area contributed by atoms with E-state index >= 15 is 0 Å². The van der Waals surface area contributed by atoms with E-state index in [1.807, 2.05) is 30.4 Å². The largest absolute Gasteiger partial charge is 0.355 e. The molecule has 4 nitrogen and oxygen atoms in total. The highest BCUT2D eigenvalue weighted by Gasteiger charge is 2.09. The summed E-state index contributed by atoms with van der Waals surface area (Å²) in [5, 5.41) is 2.10. The monoisotopic (exact) mass is 400 g/mol. The fraction of sp³-hybridized carbons (Fsp3) is 0.0370. The molecule has 3 aromatic rings. The summed E-state index contributed by atoms with van der Waals surface area (Å²) in [7, 11) is 0. The predicted molar refractivity (Wildman–Crippen MR) is 127 cm³/mol. The second-order valence-corrected chi connectivity index (χ2v) is 7.85. The average Bonchev–Trinajstić information content (AvgIpc) is 3.55. The molecule has 8 bridgehead atoms. The zero-order valence-electron chi connectivity index (χ0n) is 16.9. The van der Waals surface area contributed by atoms with Crippen LogP contribution in [0.5, 0.6) is 0 Å². The Bertz CT molecular complexity index is 1480. The maximum Gasteiger partial charge on any atom is 0.0659 e. The first-order valence-electron chi connectivity index (χ1n) is 10.4. The van der Waals surface area contributed by atoms with Gasteiger partial charge in [0.2, 0.25) is 0 Å². The molecule has 0 radical (unpaired) electrons. The number of fused-ring (bicyclic) bond motifs is 6. The van der Waals surface area contributed by atoms with Gasteiger partial charge in [0.15, 0.2) is 0 Å². The molecular formula is C27H20N4. The van der Waals surface area contributed by atoms with Crippen LogP contribution in [0.1, 0.15) is 16.8 Å². The molecule has 0 atom stereocenters. The van der Waals surface area contributed by atoms with Crippen LogP contribution in [0.15, 0.2) is 106 Å². The summed E-state index contributed by atoms with van der Waals surface area (Å²) < 4.78 is 2.28. The molecule has 3 aliphatic heterocycles. The molecule has 0 aliphatic carbocycles. The Hall–Kier alpha value is -4.18. The van der Waals surface area contributed by atoms with Gasteiger partial charge in [-0.3, -0.25) is 0 Å². The van der Waals surface area contributed by atoms with Gasteiger partial charge < -0.3 is 9.55 Å². The number of rotatable bonds is 2. The van der Waals surface area contributed by atoms with Gasteiger partial charge in [-0.05, 0) is 77.9 Å². The van der Waals surface area contributed by atoms with Crippen molar-refractivity contribution in [2.24, 2.45) is 9.98 Å². The van der Waals surface area contributed by atoms with E-state index < -0.39 is 0 Å². The number of allylic oxidation sites excluding steroid dienone is 5. The number of H-pyrrole nitrogens is 1. The molecule has 4 heteroatoms. The number of aromatic amines is 1. The van der Waals surface area contributed by atoms with Gasteiger partial charge in [0.05, 0.1) is 22.8 Å². The van der Waals surface area contributed by atoms with Crippen LogP contribution in [0.2, 0.25) is 0 Å². The van der Waals surface area contributed by atoms with Crippen LogP contribution in [0.4, 0.5) is 0 Å². The Balaban J connectivity index is 1.51. The van der Waals surface area contributed by atoms with E-state index in [1.165, 1.54) is 5.56 Å². The lowest BCUT2D eigenvalue weighted by molar-refractivity contribution is 0.796. The standard InChI is InChI=1S/C27H20N4/c1-2-4-19(5-3-1)17-31-18-20-12-21-6-7-22(28-21)14-23-8-9-24(29-23)15-25-10-11-26(30-25)16-27(31)13-20/h1-16,18,28H,17H2. The molecule has 3 aliphatic rings. The van der Waals surface area contributed by atoms with Crippen LogP contribution in [-0.4, -0.2) is 21.0 Å². The predicted octanol–water partition coefficient (Wildman–Crippen LogP) is 3.73. The summed E-state index contributed by atoms with van der Waals surface area (Å²) in [5.41, 5.74) is 7.24. The molecule has 0 unspecified atom stereocenters. The number of nitrogens with one attached hydrogen (secondary N) is 1. The van der Waals surface area contributed by atoms with Crippen molar-refractivity contribution >= 4 is 29.7 Å². The fourth-order valence-corrected chi connectivity index (χ4v) is 4.02. The van der Waals surface area contributed by atoms with Gasteiger partial charge in [0, 0.05) is 29.1 Å². The van der Waals surface area contributed by atoms with Crippen molar-refractivity contribution in [3.8, 4) is 0 Å². The number of nitrogens with zero attached hydrogens (tertiary/aromatic N) is 3. The summed E-state index contributed by atoms with van der Waals surface area (Å²) in [4.78, 5) is 12.9. The zero-order valence-corrected chi connectivity index (χ0v) is 16.9. The van der Waals surface area contributed by atoms with Crippen molar-refractivity contribution in [2.75, 3.05) is 0 Å². The fourth-order valence-electron chi connectivity index (χ4n) is 4.02. The van der Waals surface area contributed by atoms with E-state index in [4.69, 9.17) is 4.99 Å². The van der Waals surface area contributed by atoms with Crippen LogP contribution < -0.4 is 10.7 Å². The molecule has 148 valence electrons. The first-order valence-corrected chi connectivity index (χ1v) is 10.4. The van der Waals surface area contributed by atoms with E-state index in [1.54, 1.807) is 0 Å². The van der Waals surface area contributed by atoms with Crippen molar-refractivity contribution < 1.29 is 0 Å². The Morgan fingerprint density at radius 3 is 2.23 bits per heavy atom. The maximum absolute atomic E-state index is 4.78. The van der Waals surface area contributed by atoms with Gasteiger partial charge in [-0.2, -0.15) is 0 Å². The minimum absolute atomic E-state index is 0.809. The highest BCUT2D eigenvalue weighted by Crippen LogP contribution is 2.20. The van der Waals surface area contributed by atoms with Gasteiger partial charge in [-0.1, -0.05) is 30.3 Å². The average molecular weight is 400 g/mol. The summed E-state index contributed by atoms with van der Waals surface area (Å²) >= 11 is 0. The van der Waals surface area contributed by atoms with Crippen LogP contribution in [0.3, 0.4) is 0 Å². The first kappa shape index (κ1) is 17.7. The molecule has 0 fully saturated rings. The van der Waals surface area contributed by atoms with E-state index in [2.05, 4.69) is 87.5 Å². The number of hydrogen-bond donors (Lipinski definition) is 1. The maximum atomic E-state index is 4.78. The molecule has 1 N–H and O–H groups in total. The van der Waals surface area contributed by atoms with Crippen molar-refractivity contribution in [2.45, 2.75) is 6.54 Å². The third-order valence-corrected chi connectivity index (χ3v) is 5.46. The molecule has 31 heavy (non-hydrogen) atoms. The van der Waals surface area contributed by atoms with Crippen molar-refractivity contribution in [3.63, 3.8) is 0 Å². The molecule has 0 spiro atoms. The van der Waals surface area contributed by atoms with Crippen molar-refractivity contribution in [1.29, 1.82) is 0 Å². The zero-order chi connectivity index (χ0) is 20.6. The molecule has 0 saturated carbocycles. The van der Waals surface area contributed by atoms with E-state index in [-0.39, 0.29) is 0 Å². The second-order valence-electron chi connectivity index (χ2n) is 7.85. The van der Waals surface area contributed by atoms with Crippen LogP contribution in [-0.2, 0) is 6.54 Å². The third kappa shape index (κ3) is 3.71. The minimum Gasteiger partial charge on any atom is -0.355 e.